The van der Waals surface area contributed by atoms with Crippen molar-refractivity contribution in [2.24, 2.45) is 0 Å². The van der Waals surface area contributed by atoms with Gasteiger partial charge in [-0.15, -0.1) is 0 Å². The fourth-order valence-corrected chi connectivity index (χ4v) is 7.77. The number of fused-ring (bicyclic) bond motifs is 7. The molecule has 1 aliphatic heterocycles. The third-order valence-corrected chi connectivity index (χ3v) is 9.48. The van der Waals surface area contributed by atoms with E-state index in [0.717, 1.165) is 0 Å². The Balaban J connectivity index is 1.42. The molecular formula is C38H23NS. The van der Waals surface area contributed by atoms with Gasteiger partial charge in [0.15, 0.2) is 0 Å². The highest BCUT2D eigenvalue weighted by molar-refractivity contribution is 7.99. The molecule has 0 bridgehead atoms. The van der Waals surface area contributed by atoms with E-state index in [1.54, 1.807) is 0 Å². The third-order valence-electron chi connectivity index (χ3n) is 8.34. The van der Waals surface area contributed by atoms with Gasteiger partial charge in [-0.2, -0.15) is 0 Å². The first-order valence-electron chi connectivity index (χ1n) is 13.7. The number of hydrogen-bond donors (Lipinski definition) is 0. The van der Waals surface area contributed by atoms with Crippen LogP contribution in [-0.4, -0.2) is 4.57 Å². The first kappa shape index (κ1) is 22.1. The predicted octanol–water partition coefficient (Wildman–Crippen LogP) is 10.9. The molecule has 7 aromatic carbocycles. The summed E-state index contributed by atoms with van der Waals surface area (Å²) in [5, 5.41) is 7.82. The van der Waals surface area contributed by atoms with Gasteiger partial charge in [0.25, 0.3) is 0 Å². The van der Waals surface area contributed by atoms with Crippen molar-refractivity contribution in [3.63, 3.8) is 0 Å². The molecule has 0 fully saturated rings. The lowest BCUT2D eigenvalue weighted by Crippen LogP contribution is -1.97. The van der Waals surface area contributed by atoms with Crippen molar-refractivity contribution in [2.45, 2.75) is 9.79 Å². The molecule has 0 atom stereocenters. The van der Waals surface area contributed by atoms with Crippen molar-refractivity contribution in [1.29, 1.82) is 0 Å². The Labute approximate surface area is 236 Å². The van der Waals surface area contributed by atoms with Crippen LogP contribution in [0.5, 0.6) is 0 Å². The Morgan fingerprint density at radius 1 is 0.450 bits per heavy atom. The number of benzene rings is 7. The average molecular weight is 526 g/mol. The maximum Gasteiger partial charge on any atom is 0.0625 e. The second-order valence-corrected chi connectivity index (χ2v) is 11.6. The lowest BCUT2D eigenvalue weighted by atomic mass is 9.92. The molecule has 0 N–H and O–H groups in total. The summed E-state index contributed by atoms with van der Waals surface area (Å²) < 4.78 is 2.46. The topological polar surface area (TPSA) is 4.93 Å². The normalized spacial score (nSPS) is 12.4. The maximum absolute atomic E-state index is 2.46. The van der Waals surface area contributed by atoms with E-state index in [1.807, 2.05) is 11.8 Å². The van der Waals surface area contributed by atoms with Crippen LogP contribution in [0, 0.1) is 0 Å². The molecule has 2 heterocycles. The Morgan fingerprint density at radius 2 is 1.20 bits per heavy atom. The number of aromatic nitrogens is 1. The minimum Gasteiger partial charge on any atom is -0.309 e. The first-order valence-corrected chi connectivity index (χ1v) is 14.5. The van der Waals surface area contributed by atoms with Crippen LogP contribution in [-0.2, 0) is 0 Å². The molecule has 2 heteroatoms. The minimum atomic E-state index is 1.18. The van der Waals surface area contributed by atoms with Crippen molar-refractivity contribution < 1.29 is 0 Å². The van der Waals surface area contributed by atoms with Gasteiger partial charge in [0.2, 0.25) is 0 Å². The molecular weight excluding hydrogens is 502 g/mol. The minimum absolute atomic E-state index is 1.18. The van der Waals surface area contributed by atoms with Gasteiger partial charge < -0.3 is 4.57 Å². The fraction of sp³-hybridized carbons (Fsp3) is 0. The molecule has 1 aliphatic rings. The van der Waals surface area contributed by atoms with E-state index in [-0.39, 0.29) is 0 Å². The largest absolute Gasteiger partial charge is 0.309 e. The first-order chi connectivity index (χ1) is 19.8. The van der Waals surface area contributed by atoms with Crippen LogP contribution in [0.4, 0.5) is 0 Å². The van der Waals surface area contributed by atoms with E-state index in [9.17, 15) is 0 Å². The number of para-hydroxylation sites is 2. The van der Waals surface area contributed by atoms with Crippen LogP contribution in [0.2, 0.25) is 0 Å². The van der Waals surface area contributed by atoms with Gasteiger partial charge >= 0.3 is 0 Å². The highest BCUT2D eigenvalue weighted by Gasteiger charge is 2.22. The van der Waals surface area contributed by atoms with Crippen LogP contribution in [0.1, 0.15) is 0 Å². The van der Waals surface area contributed by atoms with Crippen LogP contribution in [0.3, 0.4) is 0 Å². The Bertz CT molecular complexity index is 2290. The molecule has 1 nitrogen and oxygen atoms in total. The van der Waals surface area contributed by atoms with E-state index in [2.05, 4.69) is 144 Å². The summed E-state index contributed by atoms with van der Waals surface area (Å²) in [5.74, 6) is 0. The molecule has 0 radical (unpaired) electrons. The van der Waals surface area contributed by atoms with Crippen molar-refractivity contribution in [2.75, 3.05) is 0 Å². The molecule has 0 saturated carbocycles. The standard InChI is InChI=1S/C38H23NS/c1-2-13-27(14-3-1)39-33-18-7-6-16-30(33)37-28-15-5-4-10-25(28)22-31(38(37)39)26-20-21-34-32(23-26)29-17-8-11-24-12-9-19-35(40-34)36(24)29/h1-23H. The molecule has 40 heavy (non-hydrogen) atoms. The quantitative estimate of drug-likeness (QED) is 0.217. The summed E-state index contributed by atoms with van der Waals surface area (Å²) >= 11 is 1.88. The predicted molar refractivity (Wildman–Crippen MR) is 171 cm³/mol. The second kappa shape index (κ2) is 8.35. The molecule has 0 saturated heterocycles. The van der Waals surface area contributed by atoms with Gasteiger partial charge in [0, 0.05) is 37.2 Å². The zero-order chi connectivity index (χ0) is 26.2. The molecule has 0 amide bonds. The van der Waals surface area contributed by atoms with E-state index in [1.165, 1.54) is 81.1 Å². The molecule has 8 aromatic rings. The lowest BCUT2D eigenvalue weighted by molar-refractivity contribution is 1.18. The summed E-state index contributed by atoms with van der Waals surface area (Å²) in [6.07, 6.45) is 0. The van der Waals surface area contributed by atoms with Gasteiger partial charge in [0.05, 0.1) is 11.0 Å². The maximum atomic E-state index is 2.46. The van der Waals surface area contributed by atoms with Crippen LogP contribution in [0.15, 0.2) is 149 Å². The van der Waals surface area contributed by atoms with Gasteiger partial charge in [0.1, 0.15) is 0 Å². The fourth-order valence-electron chi connectivity index (χ4n) is 6.64. The Kier molecular flexibility index (Phi) is 4.61. The van der Waals surface area contributed by atoms with E-state index >= 15 is 0 Å². The van der Waals surface area contributed by atoms with Crippen molar-refractivity contribution in [3.05, 3.63) is 140 Å². The number of nitrogens with zero attached hydrogens (tertiary/aromatic N) is 1. The second-order valence-electron chi connectivity index (χ2n) is 10.5. The van der Waals surface area contributed by atoms with Crippen molar-refractivity contribution in [3.8, 4) is 27.9 Å². The van der Waals surface area contributed by atoms with Gasteiger partial charge in [-0.25, -0.2) is 0 Å². The Hall–Kier alpha value is -4.79. The van der Waals surface area contributed by atoms with Crippen LogP contribution < -0.4 is 0 Å². The molecule has 0 unspecified atom stereocenters. The molecule has 1 aromatic heterocycles. The van der Waals surface area contributed by atoms with Gasteiger partial charge in [-0.05, 0) is 75.3 Å². The SMILES string of the molecule is c1ccc(-n2c3ccccc3c3c4ccccc4cc(-c4ccc5c(c4)-c4cccc6cccc(c46)S5)c32)cc1. The summed E-state index contributed by atoms with van der Waals surface area (Å²) in [4.78, 5) is 2.65. The highest BCUT2D eigenvalue weighted by Crippen LogP contribution is 2.50. The summed E-state index contributed by atoms with van der Waals surface area (Å²) in [5.41, 5.74) is 8.80. The third kappa shape index (κ3) is 3.05. The summed E-state index contributed by atoms with van der Waals surface area (Å²) in [6, 6.07) is 51.2. The molecule has 186 valence electrons. The zero-order valence-corrected chi connectivity index (χ0v) is 22.5. The van der Waals surface area contributed by atoms with Gasteiger partial charge in [-0.3, -0.25) is 0 Å². The smallest absolute Gasteiger partial charge is 0.0625 e. The van der Waals surface area contributed by atoms with E-state index in [0.29, 0.717) is 0 Å². The number of rotatable bonds is 2. The lowest BCUT2D eigenvalue weighted by Gasteiger charge is -2.21. The van der Waals surface area contributed by atoms with Crippen molar-refractivity contribution in [1.82, 2.24) is 4.57 Å². The van der Waals surface area contributed by atoms with E-state index < -0.39 is 0 Å². The Morgan fingerprint density at radius 3 is 2.10 bits per heavy atom. The molecule has 0 spiro atoms. The number of hydrogen-bond acceptors (Lipinski definition) is 1. The van der Waals surface area contributed by atoms with Crippen LogP contribution in [0.25, 0.3) is 71.3 Å². The zero-order valence-electron chi connectivity index (χ0n) is 21.6. The van der Waals surface area contributed by atoms with Crippen molar-refractivity contribution >= 4 is 55.1 Å². The summed E-state index contributed by atoms with van der Waals surface area (Å²) in [6.45, 7) is 0. The molecule has 0 aliphatic carbocycles. The average Bonchev–Trinajstić information content (AvgIpc) is 3.37. The monoisotopic (exact) mass is 525 g/mol. The van der Waals surface area contributed by atoms with Crippen LogP contribution >= 0.6 is 11.8 Å². The highest BCUT2D eigenvalue weighted by atomic mass is 32.2. The summed E-state index contributed by atoms with van der Waals surface area (Å²) in [7, 11) is 0. The van der Waals surface area contributed by atoms with E-state index in [4.69, 9.17) is 0 Å². The van der Waals surface area contributed by atoms with Gasteiger partial charge in [-0.1, -0.05) is 109 Å². The molecule has 9 rings (SSSR count).